The number of hydrogen-bond donors (Lipinski definition) is 0. The Labute approximate surface area is 241 Å². The molecule has 7 rings (SSSR count). The number of benzene rings is 6. The van der Waals surface area contributed by atoms with Gasteiger partial charge in [-0.1, -0.05) is 121 Å². The molecular weight excluding hydrogens is 496 g/mol. The van der Waals surface area contributed by atoms with Crippen molar-refractivity contribution in [2.45, 2.75) is 13.0 Å². The fourth-order valence-corrected chi connectivity index (χ4v) is 5.58. The molecule has 0 radical (unpaired) electrons. The summed E-state index contributed by atoms with van der Waals surface area (Å²) in [4.78, 5) is 7.14. The minimum atomic E-state index is 0.172. The van der Waals surface area contributed by atoms with Crippen molar-refractivity contribution in [2.75, 3.05) is 4.90 Å². The van der Waals surface area contributed by atoms with Gasteiger partial charge in [0.1, 0.15) is 6.04 Å². The SMILES string of the molecule is Cc1cccc(N(c2ccccc2)c2ccc(-c3ccc(-c4ccccc4C4=NC4c4ccccc4)cc3)cc2)c1. The number of aliphatic imine (C=N–C) groups is 1. The average Bonchev–Trinajstić information content (AvgIpc) is 3.84. The van der Waals surface area contributed by atoms with Crippen molar-refractivity contribution in [1.29, 1.82) is 0 Å². The molecule has 2 nitrogen and oxygen atoms in total. The number of hydrogen-bond acceptors (Lipinski definition) is 2. The molecule has 6 aromatic carbocycles. The van der Waals surface area contributed by atoms with E-state index in [1.807, 2.05) is 0 Å². The summed E-state index contributed by atoms with van der Waals surface area (Å²) in [6, 6.07) is 56.3. The quantitative estimate of drug-likeness (QED) is 0.202. The molecule has 1 aliphatic heterocycles. The smallest absolute Gasteiger partial charge is 0.118 e. The van der Waals surface area contributed by atoms with Crippen LogP contribution in [0.5, 0.6) is 0 Å². The van der Waals surface area contributed by atoms with Gasteiger partial charge in [-0.25, -0.2) is 0 Å². The number of para-hydroxylation sites is 1. The Morgan fingerprint density at radius 2 is 1.00 bits per heavy atom. The Hall–Kier alpha value is -5.21. The van der Waals surface area contributed by atoms with Gasteiger partial charge in [0.2, 0.25) is 0 Å². The molecule has 0 amide bonds. The number of aryl methyl sites for hydroxylation is 1. The van der Waals surface area contributed by atoms with Crippen LogP contribution in [0.15, 0.2) is 163 Å². The van der Waals surface area contributed by atoms with E-state index in [-0.39, 0.29) is 6.04 Å². The van der Waals surface area contributed by atoms with Crippen molar-refractivity contribution in [3.63, 3.8) is 0 Å². The molecule has 0 aromatic heterocycles. The Morgan fingerprint density at radius 3 is 1.68 bits per heavy atom. The number of rotatable bonds is 7. The highest BCUT2D eigenvalue weighted by Crippen LogP contribution is 2.39. The van der Waals surface area contributed by atoms with E-state index in [1.54, 1.807) is 0 Å². The first-order valence-corrected chi connectivity index (χ1v) is 14.1. The highest BCUT2D eigenvalue weighted by molar-refractivity contribution is 6.17. The molecular formula is C39H30N2. The van der Waals surface area contributed by atoms with E-state index in [4.69, 9.17) is 4.99 Å². The van der Waals surface area contributed by atoms with Crippen molar-refractivity contribution < 1.29 is 0 Å². The summed E-state index contributed by atoms with van der Waals surface area (Å²) >= 11 is 0. The summed E-state index contributed by atoms with van der Waals surface area (Å²) in [5.74, 6) is 0. The molecule has 0 bridgehead atoms. The van der Waals surface area contributed by atoms with E-state index in [1.165, 1.54) is 44.7 Å². The van der Waals surface area contributed by atoms with Crippen LogP contribution in [0.2, 0.25) is 0 Å². The molecule has 196 valence electrons. The summed E-state index contributed by atoms with van der Waals surface area (Å²) in [6.45, 7) is 2.14. The van der Waals surface area contributed by atoms with E-state index in [2.05, 4.69) is 170 Å². The lowest BCUT2D eigenvalue weighted by Crippen LogP contribution is -2.09. The van der Waals surface area contributed by atoms with Crippen molar-refractivity contribution in [1.82, 2.24) is 0 Å². The van der Waals surface area contributed by atoms with Gasteiger partial charge in [-0.2, -0.15) is 0 Å². The molecule has 6 aromatic rings. The molecule has 0 fully saturated rings. The zero-order valence-corrected chi connectivity index (χ0v) is 23.0. The van der Waals surface area contributed by atoms with Gasteiger partial charge in [-0.3, -0.25) is 4.99 Å². The normalized spacial score (nSPS) is 13.9. The molecule has 0 N–H and O–H groups in total. The topological polar surface area (TPSA) is 15.6 Å². The second-order valence-corrected chi connectivity index (χ2v) is 10.5. The maximum Gasteiger partial charge on any atom is 0.118 e. The second-order valence-electron chi connectivity index (χ2n) is 10.5. The molecule has 0 saturated carbocycles. The van der Waals surface area contributed by atoms with Crippen LogP contribution in [-0.2, 0) is 0 Å². The van der Waals surface area contributed by atoms with E-state index in [0.717, 1.165) is 17.1 Å². The average molecular weight is 527 g/mol. The molecule has 0 spiro atoms. The van der Waals surface area contributed by atoms with Gasteiger partial charge in [0.25, 0.3) is 0 Å². The van der Waals surface area contributed by atoms with Crippen molar-refractivity contribution in [2.24, 2.45) is 4.99 Å². The highest BCUT2D eigenvalue weighted by atomic mass is 15.1. The predicted octanol–water partition coefficient (Wildman–Crippen LogP) is 10.3. The molecule has 0 saturated heterocycles. The Bertz CT molecular complexity index is 1820. The summed E-state index contributed by atoms with van der Waals surface area (Å²) < 4.78 is 0. The third-order valence-electron chi connectivity index (χ3n) is 7.71. The minimum absolute atomic E-state index is 0.172. The maximum absolute atomic E-state index is 4.83. The summed E-state index contributed by atoms with van der Waals surface area (Å²) in [7, 11) is 0. The third-order valence-corrected chi connectivity index (χ3v) is 7.71. The van der Waals surface area contributed by atoms with Crippen LogP contribution in [0.1, 0.15) is 22.7 Å². The molecule has 2 heteroatoms. The lowest BCUT2D eigenvalue weighted by atomic mass is 9.94. The molecule has 1 atom stereocenters. The van der Waals surface area contributed by atoms with Crippen LogP contribution in [0, 0.1) is 6.92 Å². The van der Waals surface area contributed by atoms with Crippen molar-refractivity contribution in [3.8, 4) is 22.3 Å². The van der Waals surface area contributed by atoms with Crippen LogP contribution in [-0.4, -0.2) is 5.71 Å². The van der Waals surface area contributed by atoms with Gasteiger partial charge in [0.05, 0.1) is 5.71 Å². The Balaban J connectivity index is 1.15. The van der Waals surface area contributed by atoms with E-state index in [9.17, 15) is 0 Å². The van der Waals surface area contributed by atoms with Gasteiger partial charge in [-0.05, 0) is 76.7 Å². The summed E-state index contributed by atoms with van der Waals surface area (Å²) in [6.07, 6.45) is 0. The van der Waals surface area contributed by atoms with Gasteiger partial charge >= 0.3 is 0 Å². The predicted molar refractivity (Wildman–Crippen MR) is 172 cm³/mol. The van der Waals surface area contributed by atoms with Gasteiger partial charge in [0.15, 0.2) is 0 Å². The highest BCUT2D eigenvalue weighted by Gasteiger charge is 2.32. The van der Waals surface area contributed by atoms with E-state index < -0.39 is 0 Å². The standard InChI is InChI=1S/C39H30N2/c1-28-11-10-16-35(27-28)41(33-14-6-3-7-15-33)34-25-23-30(24-26-34)29-19-21-31(22-20-29)36-17-8-9-18-37(36)39-38(40-39)32-12-4-2-5-13-32/h2-27,38H,1H3. The van der Waals surface area contributed by atoms with Crippen molar-refractivity contribution in [3.05, 3.63) is 174 Å². The monoisotopic (exact) mass is 526 g/mol. The van der Waals surface area contributed by atoms with Crippen LogP contribution >= 0.6 is 0 Å². The number of anilines is 3. The van der Waals surface area contributed by atoms with E-state index in [0.29, 0.717) is 0 Å². The first kappa shape index (κ1) is 24.8. The zero-order chi connectivity index (χ0) is 27.6. The Kier molecular flexibility index (Phi) is 6.50. The Morgan fingerprint density at radius 1 is 0.463 bits per heavy atom. The fourth-order valence-electron chi connectivity index (χ4n) is 5.58. The third kappa shape index (κ3) is 5.08. The van der Waals surface area contributed by atoms with Gasteiger partial charge in [0, 0.05) is 22.6 Å². The molecule has 41 heavy (non-hydrogen) atoms. The van der Waals surface area contributed by atoms with Crippen molar-refractivity contribution >= 4 is 22.8 Å². The van der Waals surface area contributed by atoms with Crippen LogP contribution < -0.4 is 4.90 Å². The lowest BCUT2D eigenvalue weighted by Gasteiger charge is -2.26. The first-order chi connectivity index (χ1) is 20.2. The fraction of sp³-hybridized carbons (Fsp3) is 0.0513. The van der Waals surface area contributed by atoms with Gasteiger partial charge < -0.3 is 4.90 Å². The number of nitrogens with zero attached hydrogens (tertiary/aromatic N) is 2. The minimum Gasteiger partial charge on any atom is -0.310 e. The van der Waals surface area contributed by atoms with Gasteiger partial charge in [-0.15, -0.1) is 0 Å². The summed E-state index contributed by atoms with van der Waals surface area (Å²) in [5, 5.41) is 0. The van der Waals surface area contributed by atoms with Crippen LogP contribution in [0.25, 0.3) is 22.3 Å². The lowest BCUT2D eigenvalue weighted by molar-refractivity contribution is 1.13. The largest absolute Gasteiger partial charge is 0.310 e. The van der Waals surface area contributed by atoms with Crippen LogP contribution in [0.4, 0.5) is 17.1 Å². The summed E-state index contributed by atoms with van der Waals surface area (Å²) in [5.41, 5.74) is 13.1. The van der Waals surface area contributed by atoms with Crippen LogP contribution in [0.3, 0.4) is 0 Å². The molecule has 1 unspecified atom stereocenters. The van der Waals surface area contributed by atoms with E-state index >= 15 is 0 Å². The first-order valence-electron chi connectivity index (χ1n) is 14.1. The second kappa shape index (κ2) is 10.7. The zero-order valence-electron chi connectivity index (χ0n) is 23.0. The molecule has 1 heterocycles. The molecule has 1 aliphatic rings. The maximum atomic E-state index is 4.83. The molecule has 0 aliphatic carbocycles.